The molecule has 330 valence electrons. The minimum Gasteiger partial charge on any atom is -0.462 e. The van der Waals surface area contributed by atoms with Crippen LogP contribution in [0, 0.1) is 47.4 Å². The molecule has 0 aliphatic rings. The molecule has 0 aliphatic carbocycles. The van der Waals surface area contributed by atoms with Crippen molar-refractivity contribution in [2.45, 2.75) is 27.7 Å². The van der Waals surface area contributed by atoms with Crippen LogP contribution in [0.2, 0.25) is 0 Å². The highest BCUT2D eigenvalue weighted by Gasteiger charge is 2.18. The molecule has 0 heterocycles. The maximum atomic E-state index is 12.4. The van der Waals surface area contributed by atoms with Gasteiger partial charge >= 0.3 is 23.9 Å². The zero-order valence-electron chi connectivity index (χ0n) is 37.8. The van der Waals surface area contributed by atoms with Gasteiger partial charge in [0.25, 0.3) is 0 Å². The van der Waals surface area contributed by atoms with Crippen molar-refractivity contribution in [1.82, 2.24) is 0 Å². The third-order valence-corrected chi connectivity index (χ3v) is 10.8. The predicted octanol–water partition coefficient (Wildman–Crippen LogP) is 10.9. The second-order valence-corrected chi connectivity index (χ2v) is 15.2. The number of carbonyl (C=O) groups excluding carboxylic acids is 4. The summed E-state index contributed by atoms with van der Waals surface area (Å²) in [5.74, 6) is 25.3. The van der Waals surface area contributed by atoms with Crippen LogP contribution >= 0.6 is 0 Å². The van der Waals surface area contributed by atoms with E-state index in [1.165, 1.54) is 0 Å². The van der Waals surface area contributed by atoms with Crippen molar-refractivity contribution >= 4 is 56.2 Å². The van der Waals surface area contributed by atoms with Crippen molar-refractivity contribution < 1.29 is 38.1 Å². The first-order chi connectivity index (χ1) is 33.2. The summed E-state index contributed by atoms with van der Waals surface area (Å²) in [5.41, 5.74) is 7.51. The van der Waals surface area contributed by atoms with Gasteiger partial charge in [0, 0.05) is 44.5 Å². The first kappa shape index (κ1) is 45.5. The molecule has 0 radical (unpaired) electrons. The van der Waals surface area contributed by atoms with E-state index < -0.39 is 23.9 Å². The Morgan fingerprint density at radius 3 is 0.706 bits per heavy atom. The standard InChI is InChI=1S/C60H42O8/c1-5-65-57(61)43-21-9-39(10-22-43)17-29-47-37-48(30-18-40-11-23-44(24-12-40)58(62)66-6-2)52-35-36-54-50(32-20-42-15-27-46(28-16-42)60(64)68-8-4)38-49(53-34-33-51(47)55(52)56(53)54)31-19-41-13-25-45(26-14-41)59(63)67-7-3/h9-16,21-28,33-38H,5-8H2,1-4H3. The van der Waals surface area contributed by atoms with Gasteiger partial charge in [-0.25, -0.2) is 19.2 Å². The van der Waals surface area contributed by atoms with E-state index in [1.807, 2.05) is 12.1 Å². The Hall–Kier alpha value is -9.08. The monoisotopic (exact) mass is 890 g/mol. The van der Waals surface area contributed by atoms with Crippen molar-refractivity contribution in [2.75, 3.05) is 26.4 Å². The van der Waals surface area contributed by atoms with Gasteiger partial charge in [-0.15, -0.1) is 0 Å². The molecule has 8 nitrogen and oxygen atoms in total. The molecule has 0 fully saturated rings. The van der Waals surface area contributed by atoms with Gasteiger partial charge in [-0.1, -0.05) is 71.6 Å². The highest BCUT2D eigenvalue weighted by molar-refractivity contribution is 6.27. The van der Waals surface area contributed by atoms with Crippen molar-refractivity contribution in [3.05, 3.63) is 200 Å². The van der Waals surface area contributed by atoms with Crippen LogP contribution in [0.3, 0.4) is 0 Å². The minimum absolute atomic E-state index is 0.278. The quantitative estimate of drug-likeness (QED) is 0.0643. The summed E-state index contributed by atoms with van der Waals surface area (Å²) in [6.07, 6.45) is 0. The number of ether oxygens (including phenoxy) is 4. The average Bonchev–Trinajstić information content (AvgIpc) is 3.36. The van der Waals surface area contributed by atoms with Crippen LogP contribution in [0.25, 0.3) is 32.3 Å². The molecule has 0 atom stereocenters. The zero-order chi connectivity index (χ0) is 47.6. The first-order valence-electron chi connectivity index (χ1n) is 22.1. The molecule has 8 heteroatoms. The van der Waals surface area contributed by atoms with E-state index in [1.54, 1.807) is 125 Å². The van der Waals surface area contributed by atoms with Crippen LogP contribution in [0.15, 0.2) is 133 Å². The Bertz CT molecular complexity index is 3040. The van der Waals surface area contributed by atoms with Crippen LogP contribution in [-0.4, -0.2) is 50.3 Å². The maximum absolute atomic E-state index is 12.4. The number of benzene rings is 8. The van der Waals surface area contributed by atoms with Crippen molar-refractivity contribution in [1.29, 1.82) is 0 Å². The largest absolute Gasteiger partial charge is 0.462 e. The number of rotatable bonds is 8. The fraction of sp³-hybridized carbons (Fsp3) is 0.133. The molecule has 0 unspecified atom stereocenters. The molecular formula is C60H42O8. The molecule has 0 aliphatic heterocycles. The van der Waals surface area contributed by atoms with Gasteiger partial charge in [-0.05, 0) is 169 Å². The van der Waals surface area contributed by atoms with Crippen LogP contribution in [-0.2, 0) is 18.9 Å². The van der Waals surface area contributed by atoms with E-state index in [4.69, 9.17) is 18.9 Å². The number of esters is 4. The molecule has 0 aromatic heterocycles. The van der Waals surface area contributed by atoms with E-state index in [9.17, 15) is 19.2 Å². The van der Waals surface area contributed by atoms with Crippen molar-refractivity contribution in [3.63, 3.8) is 0 Å². The lowest BCUT2D eigenvalue weighted by atomic mass is 9.86. The zero-order valence-corrected chi connectivity index (χ0v) is 37.8. The first-order valence-corrected chi connectivity index (χ1v) is 22.1. The second-order valence-electron chi connectivity index (χ2n) is 15.2. The Labute approximate surface area is 394 Å². The molecule has 0 saturated carbocycles. The summed E-state index contributed by atoms with van der Waals surface area (Å²) in [7, 11) is 0. The van der Waals surface area contributed by atoms with Gasteiger partial charge in [0.1, 0.15) is 0 Å². The van der Waals surface area contributed by atoms with Crippen LogP contribution < -0.4 is 0 Å². The Morgan fingerprint density at radius 1 is 0.309 bits per heavy atom. The van der Waals surface area contributed by atoms with Crippen LogP contribution in [0.4, 0.5) is 0 Å². The molecule has 0 bridgehead atoms. The van der Waals surface area contributed by atoms with Gasteiger partial charge < -0.3 is 18.9 Å². The molecule has 68 heavy (non-hydrogen) atoms. The number of hydrogen-bond acceptors (Lipinski definition) is 8. The Kier molecular flexibility index (Phi) is 13.9. The molecule has 0 saturated heterocycles. The molecule has 8 aromatic carbocycles. The fourth-order valence-corrected chi connectivity index (χ4v) is 7.58. The Balaban J connectivity index is 1.33. The summed E-state index contributed by atoms with van der Waals surface area (Å²) in [4.78, 5) is 49.5. The highest BCUT2D eigenvalue weighted by Crippen LogP contribution is 2.40. The second kappa shape index (κ2) is 20.8. The van der Waals surface area contributed by atoms with Gasteiger partial charge in [0.2, 0.25) is 0 Å². The number of carbonyl (C=O) groups is 4. The molecular weight excluding hydrogens is 849 g/mol. The topological polar surface area (TPSA) is 105 Å². The molecule has 8 aromatic rings. The third kappa shape index (κ3) is 10.1. The summed E-state index contributed by atoms with van der Waals surface area (Å²) >= 11 is 0. The van der Waals surface area contributed by atoms with E-state index in [2.05, 4.69) is 71.6 Å². The van der Waals surface area contributed by atoms with Crippen LogP contribution in [0.1, 0.15) is 114 Å². The fourth-order valence-electron chi connectivity index (χ4n) is 7.58. The summed E-state index contributed by atoms with van der Waals surface area (Å²) in [6, 6.07) is 40.1. The average molecular weight is 891 g/mol. The maximum Gasteiger partial charge on any atom is 0.338 e. The highest BCUT2D eigenvalue weighted by atomic mass is 16.5. The van der Waals surface area contributed by atoms with E-state index in [0.29, 0.717) is 44.5 Å². The summed E-state index contributed by atoms with van der Waals surface area (Å²) in [6.45, 7) is 8.18. The smallest absolute Gasteiger partial charge is 0.338 e. The molecule has 8 rings (SSSR count). The van der Waals surface area contributed by atoms with Crippen molar-refractivity contribution in [2.24, 2.45) is 0 Å². The summed E-state index contributed by atoms with van der Waals surface area (Å²) < 4.78 is 20.7. The lowest BCUT2D eigenvalue weighted by molar-refractivity contribution is 0.0516. The van der Waals surface area contributed by atoms with E-state index in [0.717, 1.165) is 54.6 Å². The van der Waals surface area contributed by atoms with E-state index in [-0.39, 0.29) is 26.4 Å². The number of hydrogen-bond donors (Lipinski definition) is 0. The molecule has 0 amide bonds. The van der Waals surface area contributed by atoms with Gasteiger partial charge in [0.05, 0.1) is 48.7 Å². The summed E-state index contributed by atoms with van der Waals surface area (Å²) in [5, 5.41) is 5.43. The lowest BCUT2D eigenvalue weighted by Crippen LogP contribution is -2.04. The third-order valence-electron chi connectivity index (χ3n) is 10.8. The molecule has 0 spiro atoms. The SMILES string of the molecule is CCOC(=O)c1ccc(C#Cc2cc(C#Cc3ccc(C(=O)OCC)cc3)c3ccc4c(C#Cc5ccc(C(=O)OCC)cc5)cc(C#Cc5ccc(C(=O)OCC)cc5)c5ccc2c3c54)cc1. The van der Waals surface area contributed by atoms with Gasteiger partial charge in [-0.2, -0.15) is 0 Å². The van der Waals surface area contributed by atoms with Crippen molar-refractivity contribution in [3.8, 4) is 47.4 Å². The normalized spacial score (nSPS) is 10.4. The minimum atomic E-state index is -0.399. The van der Waals surface area contributed by atoms with Gasteiger partial charge in [0.15, 0.2) is 0 Å². The Morgan fingerprint density at radius 2 is 0.515 bits per heavy atom. The molecule has 0 N–H and O–H groups in total. The van der Waals surface area contributed by atoms with Crippen LogP contribution in [0.5, 0.6) is 0 Å². The van der Waals surface area contributed by atoms with Gasteiger partial charge in [-0.3, -0.25) is 0 Å². The predicted molar refractivity (Wildman–Crippen MR) is 264 cm³/mol. The van der Waals surface area contributed by atoms with E-state index >= 15 is 0 Å². The lowest BCUT2D eigenvalue weighted by Gasteiger charge is -2.16.